The molecule has 37 heavy (non-hydrogen) atoms. The molecule has 0 radical (unpaired) electrons. The van der Waals surface area contributed by atoms with E-state index in [1.807, 2.05) is 12.1 Å². The topological polar surface area (TPSA) is 74.0 Å². The van der Waals surface area contributed by atoms with Gasteiger partial charge in [-0.05, 0) is 53.1 Å². The molecule has 1 aliphatic rings. The van der Waals surface area contributed by atoms with Crippen molar-refractivity contribution in [3.63, 3.8) is 0 Å². The number of carbonyl (C=O) groups is 2. The second-order valence-electron chi connectivity index (χ2n) is 9.10. The van der Waals surface area contributed by atoms with Crippen LogP contribution in [0.1, 0.15) is 23.2 Å². The van der Waals surface area contributed by atoms with Gasteiger partial charge in [-0.15, -0.1) is 0 Å². The molecule has 1 fully saturated rings. The molecule has 0 atom stereocenters. The summed E-state index contributed by atoms with van der Waals surface area (Å²) in [5.41, 5.74) is 3.73. The van der Waals surface area contributed by atoms with E-state index in [1.54, 1.807) is 42.5 Å². The predicted molar refractivity (Wildman–Crippen MR) is 134 cm³/mol. The average molecular weight is 508 g/mol. The van der Waals surface area contributed by atoms with Crippen molar-refractivity contribution in [2.24, 2.45) is 0 Å². The molecule has 1 N–H and O–H groups in total. The third kappa shape index (κ3) is 4.89. The highest BCUT2D eigenvalue weighted by atomic mass is 19.3. The lowest BCUT2D eigenvalue weighted by Gasteiger charge is -2.31. The summed E-state index contributed by atoms with van der Waals surface area (Å²) in [6.07, 6.45) is -1.86. The van der Waals surface area contributed by atoms with Crippen molar-refractivity contribution in [1.29, 1.82) is 0 Å². The lowest BCUT2D eigenvalue weighted by molar-refractivity contribution is -0.0494. The maximum atomic E-state index is 13.6. The van der Waals surface area contributed by atoms with Gasteiger partial charge in [0.1, 0.15) is 11.4 Å². The zero-order valence-corrected chi connectivity index (χ0v) is 19.9. The van der Waals surface area contributed by atoms with Crippen LogP contribution < -0.4 is 4.90 Å². The van der Waals surface area contributed by atoms with E-state index < -0.39 is 12.0 Å². The maximum absolute atomic E-state index is 13.6. The minimum atomic E-state index is -2.73. The highest BCUT2D eigenvalue weighted by Crippen LogP contribution is 2.38. The third-order valence-electron chi connectivity index (χ3n) is 6.62. The van der Waals surface area contributed by atoms with Gasteiger partial charge in [0.25, 0.3) is 11.8 Å². The molecule has 1 saturated heterocycles. The lowest BCUT2D eigenvalue weighted by Crippen LogP contribution is -2.42. The van der Waals surface area contributed by atoms with Crippen molar-refractivity contribution in [3.05, 3.63) is 78.1 Å². The first kappa shape index (κ1) is 24.4. The van der Waals surface area contributed by atoms with Crippen molar-refractivity contribution in [1.82, 2.24) is 4.90 Å². The van der Waals surface area contributed by atoms with E-state index in [4.69, 9.17) is 4.42 Å². The van der Waals surface area contributed by atoms with Crippen LogP contribution in [0.4, 0.5) is 23.8 Å². The summed E-state index contributed by atoms with van der Waals surface area (Å²) >= 11 is 0. The number of rotatable bonds is 4. The van der Waals surface area contributed by atoms with E-state index >= 15 is 0 Å². The van der Waals surface area contributed by atoms with Gasteiger partial charge in [0.2, 0.25) is 5.88 Å². The Kier molecular flexibility index (Phi) is 6.15. The van der Waals surface area contributed by atoms with Crippen molar-refractivity contribution >= 4 is 28.9 Å². The predicted octanol–water partition coefficient (Wildman–Crippen LogP) is 6.89. The lowest BCUT2D eigenvalue weighted by atomic mass is 9.96. The van der Waals surface area contributed by atoms with Crippen molar-refractivity contribution in [3.8, 4) is 22.3 Å². The van der Waals surface area contributed by atoms with Gasteiger partial charge in [0.15, 0.2) is 0 Å². The van der Waals surface area contributed by atoms with E-state index in [0.29, 0.717) is 27.7 Å². The van der Waals surface area contributed by atoms with Gasteiger partial charge in [-0.25, -0.2) is 18.0 Å². The number of hydrogen-bond acceptors (Lipinski definition) is 3. The second kappa shape index (κ2) is 9.31. The van der Waals surface area contributed by atoms with Crippen LogP contribution in [0, 0.1) is 5.82 Å². The number of halogens is 3. The van der Waals surface area contributed by atoms with Crippen molar-refractivity contribution < 1.29 is 32.3 Å². The summed E-state index contributed by atoms with van der Waals surface area (Å²) in [4.78, 5) is 26.7. The Labute approximate surface area is 210 Å². The SMILES string of the molecule is CN(C(=O)O)c1cc2cc(-c3ccc(C(=O)N4CCC(F)(F)CC4)cc3)cc(-c3ccc(F)cc3)c2o1. The number of alkyl halides is 2. The molecule has 2 heterocycles. The van der Waals surface area contributed by atoms with Crippen molar-refractivity contribution in [2.75, 3.05) is 25.0 Å². The van der Waals surface area contributed by atoms with Gasteiger partial charge < -0.3 is 14.4 Å². The van der Waals surface area contributed by atoms with Gasteiger partial charge in [-0.2, -0.15) is 0 Å². The Hall–Kier alpha value is -4.27. The van der Waals surface area contributed by atoms with Crippen molar-refractivity contribution in [2.45, 2.75) is 18.8 Å². The summed E-state index contributed by atoms with van der Waals surface area (Å²) in [5.74, 6) is -3.27. The number of furan rings is 1. The quantitative estimate of drug-likeness (QED) is 0.326. The van der Waals surface area contributed by atoms with Gasteiger partial charge in [0, 0.05) is 55.6 Å². The number of carboxylic acid groups (broad SMARTS) is 1. The van der Waals surface area contributed by atoms with Crippen LogP contribution in [0.3, 0.4) is 0 Å². The first-order valence-corrected chi connectivity index (χ1v) is 11.7. The fourth-order valence-electron chi connectivity index (χ4n) is 4.43. The molecule has 0 bridgehead atoms. The molecule has 6 nitrogen and oxygen atoms in total. The summed E-state index contributed by atoms with van der Waals surface area (Å²) in [5, 5.41) is 10.0. The standard InChI is InChI=1S/C28H23F3N2O4/c1-32(27(35)36)24-16-21-14-20(15-23(25(21)37-24)18-6-8-22(29)9-7-18)17-2-4-19(5-3-17)26(34)33-12-10-28(30,31)11-13-33/h2-9,14-16H,10-13H2,1H3,(H,35,36). The molecule has 9 heteroatoms. The van der Waals surface area contributed by atoms with Crippen LogP contribution in [0.2, 0.25) is 0 Å². The number of fused-ring (bicyclic) bond motifs is 1. The monoisotopic (exact) mass is 508 g/mol. The molecule has 0 aliphatic carbocycles. The molecule has 0 saturated carbocycles. The van der Waals surface area contributed by atoms with Crippen LogP contribution in [-0.4, -0.2) is 48.1 Å². The number of anilines is 1. The molecule has 1 aromatic heterocycles. The van der Waals surface area contributed by atoms with E-state index in [0.717, 1.165) is 16.0 Å². The second-order valence-corrected chi connectivity index (χ2v) is 9.10. The number of nitrogens with zero attached hydrogens (tertiary/aromatic N) is 2. The van der Waals surface area contributed by atoms with E-state index in [1.165, 1.54) is 24.1 Å². The molecular weight excluding hydrogens is 485 g/mol. The van der Waals surface area contributed by atoms with Crippen LogP contribution >= 0.6 is 0 Å². The van der Waals surface area contributed by atoms with Gasteiger partial charge in [-0.3, -0.25) is 9.69 Å². The fraction of sp³-hybridized carbons (Fsp3) is 0.214. The van der Waals surface area contributed by atoms with Crippen LogP contribution in [-0.2, 0) is 0 Å². The number of hydrogen-bond donors (Lipinski definition) is 1. The Bertz CT molecular complexity index is 1470. The number of benzene rings is 3. The van der Waals surface area contributed by atoms with E-state index in [-0.39, 0.29) is 43.5 Å². The highest BCUT2D eigenvalue weighted by Gasteiger charge is 2.35. The average Bonchev–Trinajstić information content (AvgIpc) is 3.32. The minimum absolute atomic E-state index is 0.0128. The summed E-state index contributed by atoms with van der Waals surface area (Å²) in [6.45, 7) is 0.0256. The number of likely N-dealkylation sites (tertiary alicyclic amines) is 1. The zero-order chi connectivity index (χ0) is 26.3. The first-order chi connectivity index (χ1) is 17.6. The normalized spacial score (nSPS) is 15.1. The Morgan fingerprint density at radius 3 is 2.16 bits per heavy atom. The summed E-state index contributed by atoms with van der Waals surface area (Å²) in [6, 6.07) is 18.1. The number of carbonyl (C=O) groups excluding carboxylic acids is 1. The fourth-order valence-corrected chi connectivity index (χ4v) is 4.43. The first-order valence-electron chi connectivity index (χ1n) is 11.7. The molecule has 2 amide bonds. The summed E-state index contributed by atoms with van der Waals surface area (Å²) < 4.78 is 46.4. The van der Waals surface area contributed by atoms with Gasteiger partial charge in [-0.1, -0.05) is 24.3 Å². The highest BCUT2D eigenvalue weighted by molar-refractivity contribution is 6.00. The van der Waals surface area contributed by atoms with E-state index in [2.05, 4.69) is 0 Å². The molecule has 1 aliphatic heterocycles. The third-order valence-corrected chi connectivity index (χ3v) is 6.62. The Morgan fingerprint density at radius 1 is 0.919 bits per heavy atom. The molecule has 0 spiro atoms. The summed E-state index contributed by atoms with van der Waals surface area (Å²) in [7, 11) is 1.37. The van der Waals surface area contributed by atoms with Crippen LogP contribution in [0.15, 0.2) is 71.1 Å². The largest absolute Gasteiger partial charge is 0.465 e. The van der Waals surface area contributed by atoms with Gasteiger partial charge in [0.05, 0.1) is 0 Å². The Balaban J connectivity index is 1.51. The van der Waals surface area contributed by atoms with E-state index in [9.17, 15) is 27.9 Å². The molecule has 0 unspecified atom stereocenters. The number of piperidine rings is 1. The minimum Gasteiger partial charge on any atom is -0.465 e. The maximum Gasteiger partial charge on any atom is 0.413 e. The molecular formula is C28H23F3N2O4. The smallest absolute Gasteiger partial charge is 0.413 e. The Morgan fingerprint density at radius 2 is 1.54 bits per heavy atom. The molecule has 5 rings (SSSR count). The zero-order valence-electron chi connectivity index (χ0n) is 19.9. The van der Waals surface area contributed by atoms with Gasteiger partial charge >= 0.3 is 6.09 Å². The number of amides is 2. The van der Waals surface area contributed by atoms with Crippen LogP contribution in [0.5, 0.6) is 0 Å². The van der Waals surface area contributed by atoms with Crippen LogP contribution in [0.25, 0.3) is 33.2 Å². The molecule has 3 aromatic carbocycles. The molecule has 190 valence electrons. The molecule has 4 aromatic rings.